The molecule has 2 nitrogen and oxygen atoms in total. The fourth-order valence-corrected chi connectivity index (χ4v) is 15.4. The van der Waals surface area contributed by atoms with Gasteiger partial charge in [-0.2, -0.15) is 0 Å². The second kappa shape index (κ2) is 14.1. The Balaban J connectivity index is 1.24. The van der Waals surface area contributed by atoms with Gasteiger partial charge >= 0.3 is 6.85 Å². The molecule has 0 spiro atoms. The van der Waals surface area contributed by atoms with E-state index in [1.807, 2.05) is 0 Å². The number of hydrogen-bond donors (Lipinski definition) is 0. The molecule has 0 saturated heterocycles. The van der Waals surface area contributed by atoms with Crippen LogP contribution in [0.25, 0.3) is 43.1 Å². The zero-order valence-corrected chi connectivity index (χ0v) is 45.0. The molecule has 352 valence electrons. The van der Waals surface area contributed by atoms with Gasteiger partial charge in [-0.25, -0.2) is 0 Å². The monoisotopic (exact) mass is 933 g/mol. The van der Waals surface area contributed by atoms with E-state index < -0.39 is 0 Å². The number of rotatable bonds is 2. The highest BCUT2D eigenvalue weighted by Crippen LogP contribution is 2.61. The lowest BCUT2D eigenvalue weighted by Crippen LogP contribution is -2.61. The molecule has 70 heavy (non-hydrogen) atoms. The van der Waals surface area contributed by atoms with Crippen molar-refractivity contribution in [3.63, 3.8) is 0 Å². The normalized spacial score (nSPS) is 19.3. The summed E-state index contributed by atoms with van der Waals surface area (Å²) in [4.78, 5) is 5.63. The molecule has 0 amide bonds. The predicted octanol–water partition coefficient (Wildman–Crippen LogP) is 17.4. The highest BCUT2D eigenvalue weighted by atomic mass is 32.1. The van der Waals surface area contributed by atoms with Crippen molar-refractivity contribution in [2.75, 3.05) is 9.71 Å². The van der Waals surface area contributed by atoms with Gasteiger partial charge < -0.3 is 9.71 Å². The van der Waals surface area contributed by atoms with Gasteiger partial charge in [0.15, 0.2) is 0 Å². The number of anilines is 5. The number of benzene rings is 7. The van der Waals surface area contributed by atoms with Crippen molar-refractivity contribution in [1.29, 1.82) is 0 Å². The molecule has 3 aliphatic carbocycles. The molecule has 0 fully saturated rings. The first kappa shape index (κ1) is 44.4. The Labute approximate surface area is 422 Å². The number of hydrogen-bond acceptors (Lipinski definition) is 3. The molecule has 0 unspecified atom stereocenters. The number of aryl methyl sites for hydroxylation is 1. The average Bonchev–Trinajstić information content (AvgIpc) is 3.80. The summed E-state index contributed by atoms with van der Waals surface area (Å²) in [5.41, 5.74) is 25.3. The van der Waals surface area contributed by atoms with Crippen LogP contribution in [0.2, 0.25) is 0 Å². The Morgan fingerprint density at radius 2 is 1.09 bits per heavy atom. The van der Waals surface area contributed by atoms with Crippen LogP contribution in [0, 0.1) is 6.92 Å². The van der Waals surface area contributed by atoms with Crippen molar-refractivity contribution < 1.29 is 0 Å². The predicted molar refractivity (Wildman–Crippen MR) is 305 cm³/mol. The molecule has 0 atom stereocenters. The zero-order valence-electron chi connectivity index (χ0n) is 44.2. The van der Waals surface area contributed by atoms with Crippen molar-refractivity contribution >= 4 is 77.7 Å². The lowest BCUT2D eigenvalue weighted by Gasteiger charge is -2.48. The van der Waals surface area contributed by atoms with Gasteiger partial charge in [0.05, 0.1) is 10.7 Å². The van der Waals surface area contributed by atoms with E-state index in [4.69, 9.17) is 0 Å². The quantitative estimate of drug-likeness (QED) is 0.159. The molecule has 13 rings (SSSR count). The first-order chi connectivity index (χ1) is 33.0. The van der Waals surface area contributed by atoms with Crippen molar-refractivity contribution in [1.82, 2.24) is 0 Å². The van der Waals surface area contributed by atoms with Crippen molar-refractivity contribution in [3.8, 4) is 22.3 Å². The minimum atomic E-state index is -0.257. The third-order valence-corrected chi connectivity index (χ3v) is 19.8. The fraction of sp³-hybridized carbons (Fsp3) is 0.364. The van der Waals surface area contributed by atoms with E-state index in [1.54, 1.807) is 0 Å². The van der Waals surface area contributed by atoms with E-state index in [-0.39, 0.29) is 39.3 Å². The zero-order chi connectivity index (χ0) is 49.0. The molecule has 0 bridgehead atoms. The molecule has 4 heteroatoms. The molecule has 0 N–H and O–H groups in total. The molecule has 2 aliphatic heterocycles. The molecule has 0 radical (unpaired) electrons. The van der Waals surface area contributed by atoms with Crippen LogP contribution in [-0.2, 0) is 32.5 Å². The van der Waals surface area contributed by atoms with Gasteiger partial charge in [-0.3, -0.25) is 0 Å². The van der Waals surface area contributed by atoms with E-state index in [2.05, 4.69) is 233 Å². The maximum Gasteiger partial charge on any atom is 0.334 e. The lowest BCUT2D eigenvalue weighted by molar-refractivity contribution is 0.332. The van der Waals surface area contributed by atoms with Gasteiger partial charge in [-0.05, 0) is 196 Å². The summed E-state index contributed by atoms with van der Waals surface area (Å²) in [5, 5.41) is 5.33. The Hall–Kier alpha value is -5.58. The Kier molecular flexibility index (Phi) is 8.93. The third-order valence-electron chi connectivity index (χ3n) is 18.6. The topological polar surface area (TPSA) is 6.48 Å². The first-order valence-electron chi connectivity index (χ1n) is 26.3. The van der Waals surface area contributed by atoms with Gasteiger partial charge in [-0.15, -0.1) is 11.3 Å². The summed E-state index contributed by atoms with van der Waals surface area (Å²) in [7, 11) is 0. The van der Waals surface area contributed by atoms with Crippen LogP contribution in [0.1, 0.15) is 160 Å². The highest BCUT2D eigenvalue weighted by molar-refractivity contribution is 7.26. The van der Waals surface area contributed by atoms with Crippen LogP contribution in [0.15, 0.2) is 115 Å². The van der Waals surface area contributed by atoms with E-state index >= 15 is 0 Å². The molecular formula is C66H69BN2S. The summed E-state index contributed by atoms with van der Waals surface area (Å²) in [5.74, 6) is 0. The Morgan fingerprint density at radius 1 is 0.514 bits per heavy atom. The largest absolute Gasteiger partial charge is 0.376 e. The third kappa shape index (κ3) is 5.98. The van der Waals surface area contributed by atoms with Gasteiger partial charge in [0.1, 0.15) is 0 Å². The second-order valence-electron chi connectivity index (χ2n) is 26.3. The summed E-state index contributed by atoms with van der Waals surface area (Å²) >= 11 is 2.05. The van der Waals surface area contributed by atoms with E-state index in [9.17, 15) is 0 Å². The summed E-state index contributed by atoms with van der Waals surface area (Å²) in [6, 6.07) is 46.3. The van der Waals surface area contributed by atoms with Crippen LogP contribution >= 0.6 is 11.3 Å². The van der Waals surface area contributed by atoms with Crippen LogP contribution in [0.3, 0.4) is 0 Å². The van der Waals surface area contributed by atoms with E-state index in [0.29, 0.717) is 0 Å². The molecule has 3 heterocycles. The molecular weight excluding hydrogens is 864 g/mol. The maximum absolute atomic E-state index is 2.84. The highest BCUT2D eigenvalue weighted by Gasteiger charge is 2.53. The SMILES string of the molecule is Cc1cc2c(cc1N1c3sc4cc5c(cc4c3B3c4c(cc6c(c41)C(C)(C)c1ccccc1-6)-c1cc4ccccc4cc1N3c1ccc(C(C)(C)C)cc1)C(C)(C)CCC5(C)C)C(C)(C)CCC2(C)C. The number of nitrogens with zero attached hydrogens (tertiary/aromatic N) is 2. The summed E-state index contributed by atoms with van der Waals surface area (Å²) in [6.07, 6.45) is 4.75. The maximum atomic E-state index is 2.84. The van der Waals surface area contributed by atoms with Gasteiger partial charge in [0.2, 0.25) is 0 Å². The smallest absolute Gasteiger partial charge is 0.334 e. The minimum absolute atomic E-state index is 0.0354. The fourth-order valence-electron chi connectivity index (χ4n) is 14.1. The van der Waals surface area contributed by atoms with Gasteiger partial charge in [-0.1, -0.05) is 157 Å². The lowest BCUT2D eigenvalue weighted by atomic mass is 9.43. The molecule has 7 aromatic carbocycles. The van der Waals surface area contributed by atoms with Crippen LogP contribution < -0.4 is 20.6 Å². The van der Waals surface area contributed by atoms with Crippen molar-refractivity contribution in [3.05, 3.63) is 160 Å². The standard InChI is InChI=1S/C66H69BN2S/c1-38-31-49-51(64(9,10)29-27-62(49,5)6)36-53(38)68-59-56-45(43-21-17-18-22-48(43)66(56,13)14)34-46-44-32-39-19-15-16-20-40(39)33-54(44)69(42-25-23-41(24-26-42)61(2,3)4)67(57(46)59)58-47-35-50-52(37-55(47)70-60(58)68)65(11,12)30-28-63(50,7)8/h15-26,31-37H,27-30H2,1-14H3. The van der Waals surface area contributed by atoms with Crippen molar-refractivity contribution in [2.45, 2.75) is 155 Å². The Bertz CT molecular complexity index is 3590. The molecule has 8 aromatic rings. The van der Waals surface area contributed by atoms with Crippen molar-refractivity contribution in [2.24, 2.45) is 0 Å². The van der Waals surface area contributed by atoms with Crippen LogP contribution in [0.4, 0.5) is 27.8 Å². The summed E-state index contributed by atoms with van der Waals surface area (Å²) < 4.78 is 1.40. The van der Waals surface area contributed by atoms with E-state index in [0.717, 1.165) is 0 Å². The number of thiophene rings is 1. The molecule has 1 aromatic heterocycles. The molecule has 0 saturated carbocycles. The Morgan fingerprint density at radius 3 is 1.73 bits per heavy atom. The number of fused-ring (bicyclic) bond motifs is 13. The second-order valence-corrected chi connectivity index (χ2v) is 27.4. The van der Waals surface area contributed by atoms with E-state index in [1.165, 1.54) is 152 Å². The van der Waals surface area contributed by atoms with Gasteiger partial charge in [0.25, 0.3) is 0 Å². The summed E-state index contributed by atoms with van der Waals surface area (Å²) in [6.45, 7) is 34.3. The average molecular weight is 933 g/mol. The van der Waals surface area contributed by atoms with Crippen LogP contribution in [-0.4, -0.2) is 6.85 Å². The van der Waals surface area contributed by atoms with Crippen LogP contribution in [0.5, 0.6) is 0 Å². The first-order valence-corrected chi connectivity index (χ1v) is 27.1. The van der Waals surface area contributed by atoms with Gasteiger partial charge in [0, 0.05) is 32.7 Å². The minimum Gasteiger partial charge on any atom is -0.376 e. The molecule has 5 aliphatic rings.